The second kappa shape index (κ2) is 4.09. The van der Waals surface area contributed by atoms with Gasteiger partial charge in [0.05, 0.1) is 5.70 Å². The Bertz CT molecular complexity index is 236. The molecule has 0 radical (unpaired) electrons. The summed E-state index contributed by atoms with van der Waals surface area (Å²) < 4.78 is 0. The summed E-state index contributed by atoms with van der Waals surface area (Å²) in [4.78, 5) is 1.21. The summed E-state index contributed by atoms with van der Waals surface area (Å²) in [6, 6.07) is 0. The van der Waals surface area contributed by atoms with Gasteiger partial charge in [0.15, 0.2) is 0 Å². The molecule has 0 aliphatic carbocycles. The van der Waals surface area contributed by atoms with Crippen molar-refractivity contribution in [3.05, 3.63) is 47.0 Å². The zero-order chi connectivity index (χ0) is 8.10. The minimum absolute atomic E-state index is 1.08. The normalized spacial score (nSPS) is 17.2. The molecule has 0 spiro atoms. The Balaban J connectivity index is 2.83. The highest BCUT2D eigenvalue weighted by molar-refractivity contribution is 8.06. The lowest BCUT2D eigenvalue weighted by atomic mass is 10.3. The van der Waals surface area contributed by atoms with Crippen molar-refractivity contribution in [3.8, 4) is 0 Å². The fourth-order valence-corrected chi connectivity index (χ4v) is 1.57. The lowest BCUT2D eigenvalue weighted by Gasteiger charge is -2.10. The molecule has 1 aliphatic rings. The standard InChI is InChI=1S/C9H11NS/c1-3-5-9-8(4-2)10-6-7-11-9/h3-7,10H,2H2,1H3/b5-3-. The van der Waals surface area contributed by atoms with Crippen LogP contribution in [0.25, 0.3) is 0 Å². The summed E-state index contributed by atoms with van der Waals surface area (Å²) in [5, 5.41) is 5.13. The highest BCUT2D eigenvalue weighted by atomic mass is 32.2. The van der Waals surface area contributed by atoms with E-state index < -0.39 is 0 Å². The third-order valence-electron chi connectivity index (χ3n) is 1.29. The molecule has 0 saturated carbocycles. The molecule has 0 bridgehead atoms. The van der Waals surface area contributed by atoms with E-state index in [2.05, 4.69) is 18.0 Å². The molecular formula is C9H11NS. The van der Waals surface area contributed by atoms with Gasteiger partial charge in [0, 0.05) is 11.1 Å². The quantitative estimate of drug-likeness (QED) is 0.675. The van der Waals surface area contributed by atoms with Crippen LogP contribution in [-0.2, 0) is 0 Å². The number of nitrogens with one attached hydrogen (secondary N) is 1. The van der Waals surface area contributed by atoms with Gasteiger partial charge in [-0.3, -0.25) is 0 Å². The van der Waals surface area contributed by atoms with Gasteiger partial charge in [-0.25, -0.2) is 0 Å². The summed E-state index contributed by atoms with van der Waals surface area (Å²) in [5.41, 5.74) is 1.08. The molecule has 1 aliphatic heterocycles. The van der Waals surface area contributed by atoms with E-state index in [1.54, 1.807) is 11.8 Å². The molecule has 0 aromatic carbocycles. The predicted octanol–water partition coefficient (Wildman–Crippen LogP) is 2.77. The maximum Gasteiger partial charge on any atom is 0.0515 e. The highest BCUT2D eigenvalue weighted by Crippen LogP contribution is 2.24. The minimum Gasteiger partial charge on any atom is -0.360 e. The van der Waals surface area contributed by atoms with Gasteiger partial charge in [0.1, 0.15) is 0 Å². The zero-order valence-corrected chi connectivity index (χ0v) is 7.32. The third kappa shape index (κ3) is 2.02. The molecule has 1 rings (SSSR count). The number of hydrogen-bond acceptors (Lipinski definition) is 2. The third-order valence-corrected chi connectivity index (χ3v) is 2.17. The molecule has 0 aromatic heterocycles. The van der Waals surface area contributed by atoms with Gasteiger partial charge in [0.2, 0.25) is 0 Å². The van der Waals surface area contributed by atoms with Crippen molar-refractivity contribution >= 4 is 11.8 Å². The first-order valence-corrected chi connectivity index (χ1v) is 4.34. The Morgan fingerprint density at radius 2 is 2.45 bits per heavy atom. The van der Waals surface area contributed by atoms with Crippen LogP contribution in [0.3, 0.4) is 0 Å². The molecule has 0 aromatic rings. The average Bonchev–Trinajstić information content (AvgIpc) is 2.06. The summed E-state index contributed by atoms with van der Waals surface area (Å²) in [5.74, 6) is 0. The first-order chi connectivity index (χ1) is 5.38. The van der Waals surface area contributed by atoms with Crippen molar-refractivity contribution in [3.63, 3.8) is 0 Å². The molecular weight excluding hydrogens is 154 g/mol. The van der Waals surface area contributed by atoms with Crippen LogP contribution in [0.5, 0.6) is 0 Å². The van der Waals surface area contributed by atoms with Gasteiger partial charge in [-0.05, 0) is 18.4 Å². The van der Waals surface area contributed by atoms with Crippen LogP contribution in [-0.4, -0.2) is 0 Å². The van der Waals surface area contributed by atoms with Crippen molar-refractivity contribution in [1.82, 2.24) is 5.32 Å². The Hall–Kier alpha value is -0.890. The average molecular weight is 165 g/mol. The molecule has 2 heteroatoms. The highest BCUT2D eigenvalue weighted by Gasteiger charge is 2.01. The molecule has 0 amide bonds. The van der Waals surface area contributed by atoms with Crippen molar-refractivity contribution in [1.29, 1.82) is 0 Å². The largest absolute Gasteiger partial charge is 0.360 e. The van der Waals surface area contributed by atoms with E-state index >= 15 is 0 Å². The number of rotatable bonds is 2. The van der Waals surface area contributed by atoms with E-state index in [0.29, 0.717) is 0 Å². The molecule has 11 heavy (non-hydrogen) atoms. The minimum atomic E-state index is 1.08. The fourth-order valence-electron chi connectivity index (χ4n) is 0.806. The Morgan fingerprint density at radius 1 is 1.64 bits per heavy atom. The second-order valence-electron chi connectivity index (χ2n) is 2.05. The van der Waals surface area contributed by atoms with Gasteiger partial charge in [-0.15, -0.1) is 0 Å². The maximum absolute atomic E-state index is 3.72. The Morgan fingerprint density at radius 3 is 3.09 bits per heavy atom. The Labute approximate surface area is 71.6 Å². The van der Waals surface area contributed by atoms with Crippen LogP contribution in [0, 0.1) is 0 Å². The fraction of sp³-hybridized carbons (Fsp3) is 0.111. The monoisotopic (exact) mass is 165 g/mol. The van der Waals surface area contributed by atoms with Crippen LogP contribution in [0.2, 0.25) is 0 Å². The predicted molar refractivity (Wildman–Crippen MR) is 51.9 cm³/mol. The topological polar surface area (TPSA) is 12.0 Å². The zero-order valence-electron chi connectivity index (χ0n) is 6.50. The SMILES string of the molecule is C=CC1=C(/C=C\C)SC=CN1. The van der Waals surface area contributed by atoms with Crippen molar-refractivity contribution in [2.45, 2.75) is 6.92 Å². The summed E-state index contributed by atoms with van der Waals surface area (Å²) in [7, 11) is 0. The van der Waals surface area contributed by atoms with Gasteiger partial charge >= 0.3 is 0 Å². The molecule has 0 saturated heterocycles. The number of hydrogen-bond donors (Lipinski definition) is 1. The van der Waals surface area contributed by atoms with E-state index in [-0.39, 0.29) is 0 Å². The van der Waals surface area contributed by atoms with Gasteiger partial charge in [0.25, 0.3) is 0 Å². The molecule has 0 fully saturated rings. The van der Waals surface area contributed by atoms with Crippen LogP contribution in [0.15, 0.2) is 47.0 Å². The molecule has 58 valence electrons. The molecule has 0 unspecified atom stereocenters. The lowest BCUT2D eigenvalue weighted by Crippen LogP contribution is -2.06. The smallest absolute Gasteiger partial charge is 0.0515 e. The van der Waals surface area contributed by atoms with Crippen LogP contribution < -0.4 is 5.32 Å². The molecule has 0 atom stereocenters. The van der Waals surface area contributed by atoms with Gasteiger partial charge < -0.3 is 5.32 Å². The van der Waals surface area contributed by atoms with Crippen LogP contribution >= 0.6 is 11.8 Å². The van der Waals surface area contributed by atoms with E-state index in [1.807, 2.05) is 30.7 Å². The van der Waals surface area contributed by atoms with Crippen molar-refractivity contribution in [2.24, 2.45) is 0 Å². The van der Waals surface area contributed by atoms with E-state index in [0.717, 1.165) is 5.70 Å². The maximum atomic E-state index is 3.72. The first-order valence-electron chi connectivity index (χ1n) is 3.46. The first kappa shape index (κ1) is 8.21. The van der Waals surface area contributed by atoms with Crippen molar-refractivity contribution < 1.29 is 0 Å². The van der Waals surface area contributed by atoms with Gasteiger partial charge in [-0.2, -0.15) is 0 Å². The Kier molecular flexibility index (Phi) is 3.05. The van der Waals surface area contributed by atoms with Gasteiger partial charge in [-0.1, -0.05) is 30.5 Å². The lowest BCUT2D eigenvalue weighted by molar-refractivity contribution is 1.11. The molecule has 1 nitrogen and oxygen atoms in total. The molecule has 1 N–H and O–H groups in total. The summed E-state index contributed by atoms with van der Waals surface area (Å²) >= 11 is 1.70. The van der Waals surface area contributed by atoms with E-state index in [9.17, 15) is 0 Å². The summed E-state index contributed by atoms with van der Waals surface area (Å²) in [6.45, 7) is 5.72. The second-order valence-corrected chi connectivity index (χ2v) is 2.99. The van der Waals surface area contributed by atoms with Crippen molar-refractivity contribution in [2.75, 3.05) is 0 Å². The number of thioether (sulfide) groups is 1. The van der Waals surface area contributed by atoms with E-state index in [1.165, 1.54) is 4.91 Å². The molecule has 1 heterocycles. The van der Waals surface area contributed by atoms with E-state index in [4.69, 9.17) is 0 Å². The van der Waals surface area contributed by atoms with Crippen LogP contribution in [0.1, 0.15) is 6.92 Å². The number of allylic oxidation sites excluding steroid dienone is 3. The summed E-state index contributed by atoms with van der Waals surface area (Å²) in [6.07, 6.45) is 7.82. The van der Waals surface area contributed by atoms with Crippen LogP contribution in [0.4, 0.5) is 0 Å².